The molecule has 1 saturated heterocycles. The van der Waals surface area contributed by atoms with Gasteiger partial charge in [0, 0.05) is 17.0 Å². The summed E-state index contributed by atoms with van der Waals surface area (Å²) >= 11 is 0. The lowest BCUT2D eigenvalue weighted by atomic mass is 9.94. The number of rotatable bonds is 9. The first-order chi connectivity index (χ1) is 17.5. The highest BCUT2D eigenvalue weighted by molar-refractivity contribution is 5.72. The quantitative estimate of drug-likeness (QED) is 0.277. The SMILES string of the molecule is CCCCCC1CCC(/C=C/c2ccc(-c3ccc(-c4ccc(OC)c(F)c4F)cc3)c(F)c2)CO1. The van der Waals surface area contributed by atoms with Gasteiger partial charge in [-0.2, -0.15) is 4.39 Å². The van der Waals surface area contributed by atoms with Crippen LogP contribution in [0.25, 0.3) is 28.3 Å². The fourth-order valence-corrected chi connectivity index (χ4v) is 4.69. The fourth-order valence-electron chi connectivity index (χ4n) is 4.69. The second kappa shape index (κ2) is 12.3. The average molecular weight is 495 g/mol. The van der Waals surface area contributed by atoms with Gasteiger partial charge in [0.05, 0.1) is 19.8 Å². The van der Waals surface area contributed by atoms with E-state index in [1.807, 2.05) is 12.1 Å². The Hall–Kier alpha value is -3.05. The van der Waals surface area contributed by atoms with Crippen molar-refractivity contribution in [2.75, 3.05) is 13.7 Å². The minimum atomic E-state index is -1.03. The smallest absolute Gasteiger partial charge is 0.201 e. The predicted octanol–water partition coefficient (Wildman–Crippen LogP) is 8.84. The van der Waals surface area contributed by atoms with Gasteiger partial charge in [0.1, 0.15) is 5.82 Å². The van der Waals surface area contributed by atoms with Crippen molar-refractivity contribution in [2.24, 2.45) is 5.92 Å². The molecule has 3 aromatic carbocycles. The van der Waals surface area contributed by atoms with Gasteiger partial charge in [-0.1, -0.05) is 74.7 Å². The van der Waals surface area contributed by atoms with Crippen molar-refractivity contribution in [2.45, 2.75) is 51.6 Å². The third-order valence-corrected chi connectivity index (χ3v) is 6.86. The second-order valence-corrected chi connectivity index (χ2v) is 9.41. The van der Waals surface area contributed by atoms with E-state index in [0.717, 1.165) is 31.4 Å². The predicted molar refractivity (Wildman–Crippen MR) is 139 cm³/mol. The van der Waals surface area contributed by atoms with Crippen molar-refractivity contribution in [1.82, 2.24) is 0 Å². The van der Waals surface area contributed by atoms with Gasteiger partial charge >= 0.3 is 0 Å². The first-order valence-corrected chi connectivity index (χ1v) is 12.7. The summed E-state index contributed by atoms with van der Waals surface area (Å²) in [5.41, 5.74) is 2.54. The lowest BCUT2D eigenvalue weighted by Gasteiger charge is -2.27. The monoisotopic (exact) mass is 494 g/mol. The first-order valence-electron chi connectivity index (χ1n) is 12.7. The molecule has 0 spiro atoms. The van der Waals surface area contributed by atoms with Crippen LogP contribution in [0.2, 0.25) is 0 Å². The Balaban J connectivity index is 1.40. The maximum Gasteiger partial charge on any atom is 0.201 e. The number of benzene rings is 3. The Labute approximate surface area is 211 Å². The maximum atomic E-state index is 14.9. The number of unbranched alkanes of at least 4 members (excludes halogenated alkanes) is 2. The molecule has 0 radical (unpaired) electrons. The molecule has 190 valence electrons. The van der Waals surface area contributed by atoms with Crippen LogP contribution in [0.4, 0.5) is 13.2 Å². The van der Waals surface area contributed by atoms with Crippen LogP contribution < -0.4 is 4.74 Å². The molecule has 0 aromatic heterocycles. The second-order valence-electron chi connectivity index (χ2n) is 9.41. The molecule has 4 rings (SSSR count). The van der Waals surface area contributed by atoms with Crippen LogP contribution in [0.1, 0.15) is 51.0 Å². The minimum absolute atomic E-state index is 0.125. The number of ether oxygens (including phenoxy) is 2. The summed E-state index contributed by atoms with van der Waals surface area (Å²) in [6.45, 7) is 2.93. The molecule has 2 atom stereocenters. The lowest BCUT2D eigenvalue weighted by Crippen LogP contribution is -2.24. The zero-order chi connectivity index (χ0) is 25.5. The van der Waals surface area contributed by atoms with Crippen LogP contribution in [-0.2, 0) is 4.74 Å². The van der Waals surface area contributed by atoms with E-state index < -0.39 is 11.6 Å². The average Bonchev–Trinajstić information content (AvgIpc) is 2.90. The molecule has 1 aliphatic rings. The standard InChI is InChI=1S/C31H33F3O2/c1-3-4-5-6-25-15-9-22(20-36-25)8-7-21-10-16-26(28(32)19-21)23-11-13-24(14-12-23)27-17-18-29(35-2)31(34)30(27)33/h7-8,10-14,16-19,22,25H,3-6,9,15,20H2,1-2H3/b8-7+. The molecule has 36 heavy (non-hydrogen) atoms. The zero-order valence-electron chi connectivity index (χ0n) is 20.9. The third kappa shape index (κ3) is 6.19. The molecule has 1 heterocycles. The normalized spacial score (nSPS) is 18.0. The van der Waals surface area contributed by atoms with Crippen molar-refractivity contribution >= 4 is 6.08 Å². The molecule has 2 nitrogen and oxygen atoms in total. The topological polar surface area (TPSA) is 18.5 Å². The molecule has 2 unspecified atom stereocenters. The molecule has 0 saturated carbocycles. The molecule has 0 aliphatic carbocycles. The van der Waals surface area contributed by atoms with E-state index >= 15 is 0 Å². The summed E-state index contributed by atoms with van der Waals surface area (Å²) in [5.74, 6) is -2.12. The summed E-state index contributed by atoms with van der Waals surface area (Å²) < 4.78 is 54.3. The summed E-state index contributed by atoms with van der Waals surface area (Å²) in [6.07, 6.45) is 11.5. The Morgan fingerprint density at radius 1 is 0.889 bits per heavy atom. The molecule has 1 aliphatic heterocycles. The van der Waals surface area contributed by atoms with Crippen LogP contribution in [0, 0.1) is 23.4 Å². The van der Waals surface area contributed by atoms with Crippen LogP contribution in [-0.4, -0.2) is 19.8 Å². The van der Waals surface area contributed by atoms with Crippen molar-refractivity contribution in [1.29, 1.82) is 0 Å². The van der Waals surface area contributed by atoms with Gasteiger partial charge in [0.2, 0.25) is 5.82 Å². The van der Waals surface area contributed by atoms with Crippen LogP contribution in [0.3, 0.4) is 0 Å². The molecular weight excluding hydrogens is 461 g/mol. The van der Waals surface area contributed by atoms with Crippen LogP contribution in [0.15, 0.2) is 60.7 Å². The van der Waals surface area contributed by atoms with Crippen molar-refractivity contribution < 1.29 is 22.6 Å². The molecular formula is C31H33F3O2. The van der Waals surface area contributed by atoms with Gasteiger partial charge in [-0.25, -0.2) is 8.78 Å². The molecule has 0 amide bonds. The van der Waals surface area contributed by atoms with Crippen molar-refractivity contribution in [3.8, 4) is 28.0 Å². The summed E-state index contributed by atoms with van der Waals surface area (Å²) in [4.78, 5) is 0. The Morgan fingerprint density at radius 2 is 1.61 bits per heavy atom. The van der Waals surface area contributed by atoms with E-state index in [1.165, 1.54) is 44.6 Å². The highest BCUT2D eigenvalue weighted by Gasteiger charge is 2.19. The summed E-state index contributed by atoms with van der Waals surface area (Å²) in [7, 11) is 1.29. The molecule has 0 bridgehead atoms. The largest absolute Gasteiger partial charge is 0.494 e. The highest BCUT2D eigenvalue weighted by atomic mass is 19.2. The van der Waals surface area contributed by atoms with Gasteiger partial charge in [-0.3, -0.25) is 0 Å². The Bertz CT molecular complexity index is 1180. The molecule has 0 N–H and O–H groups in total. The van der Waals surface area contributed by atoms with E-state index in [4.69, 9.17) is 9.47 Å². The van der Waals surface area contributed by atoms with Crippen LogP contribution in [0.5, 0.6) is 5.75 Å². The van der Waals surface area contributed by atoms with E-state index in [1.54, 1.807) is 30.3 Å². The van der Waals surface area contributed by atoms with E-state index in [2.05, 4.69) is 13.0 Å². The van der Waals surface area contributed by atoms with E-state index in [0.29, 0.717) is 28.7 Å². The number of hydrogen-bond donors (Lipinski definition) is 0. The first kappa shape index (κ1) is 26.0. The van der Waals surface area contributed by atoms with Gasteiger partial charge in [-0.15, -0.1) is 0 Å². The molecule has 5 heteroatoms. The number of hydrogen-bond acceptors (Lipinski definition) is 2. The van der Waals surface area contributed by atoms with Crippen LogP contribution >= 0.6 is 0 Å². The molecule has 3 aromatic rings. The summed E-state index contributed by atoms with van der Waals surface area (Å²) in [5, 5.41) is 0. The zero-order valence-corrected chi connectivity index (χ0v) is 20.9. The maximum absolute atomic E-state index is 14.9. The van der Waals surface area contributed by atoms with Gasteiger partial charge < -0.3 is 9.47 Å². The number of halogens is 3. The van der Waals surface area contributed by atoms with Gasteiger partial charge in [-0.05, 0) is 54.2 Å². The fraction of sp³-hybridized carbons (Fsp3) is 0.355. The highest BCUT2D eigenvalue weighted by Crippen LogP contribution is 2.32. The number of methoxy groups -OCH3 is 1. The van der Waals surface area contributed by atoms with Gasteiger partial charge in [0.25, 0.3) is 0 Å². The third-order valence-electron chi connectivity index (χ3n) is 6.86. The van der Waals surface area contributed by atoms with Gasteiger partial charge in [0.15, 0.2) is 11.6 Å². The van der Waals surface area contributed by atoms with Crippen molar-refractivity contribution in [3.63, 3.8) is 0 Å². The Kier molecular flexibility index (Phi) is 8.87. The molecule has 1 fully saturated rings. The summed E-state index contributed by atoms with van der Waals surface area (Å²) in [6, 6.07) is 14.8. The minimum Gasteiger partial charge on any atom is -0.494 e. The van der Waals surface area contributed by atoms with E-state index in [9.17, 15) is 13.2 Å². The van der Waals surface area contributed by atoms with E-state index in [-0.39, 0.29) is 17.1 Å². The van der Waals surface area contributed by atoms with Crippen molar-refractivity contribution in [3.05, 3.63) is 83.7 Å². The Morgan fingerprint density at radius 3 is 2.25 bits per heavy atom. The lowest BCUT2D eigenvalue weighted by molar-refractivity contribution is -0.00915.